The molecule has 1 aliphatic rings. The maximum Gasteiger partial charge on any atom is 0.326 e. The molecule has 0 atom stereocenters. The molecule has 90 valence electrons. The molecule has 18 heavy (non-hydrogen) atoms. The Morgan fingerprint density at radius 2 is 1.61 bits per heavy atom. The van der Waals surface area contributed by atoms with Crippen molar-refractivity contribution in [3.05, 3.63) is 47.5 Å². The van der Waals surface area contributed by atoms with Crippen molar-refractivity contribution >= 4 is 22.7 Å². The van der Waals surface area contributed by atoms with Gasteiger partial charge in [-0.1, -0.05) is 36.4 Å². The Bertz CT molecular complexity index is 668. The van der Waals surface area contributed by atoms with Crippen LogP contribution in [0.15, 0.2) is 36.4 Å². The standard InChI is InChI=1S/C14H10O4/c15-12(16)14(13(17)18)7-9-5-1-3-8-4-2-6-10(14)11(8)9/h1-6H,7H2,(H,15,16)(H,17,18). The molecule has 0 fully saturated rings. The molecule has 0 spiro atoms. The van der Waals surface area contributed by atoms with E-state index < -0.39 is 17.4 Å². The van der Waals surface area contributed by atoms with Crippen molar-refractivity contribution in [3.63, 3.8) is 0 Å². The molecule has 2 aromatic rings. The molecule has 1 aliphatic carbocycles. The summed E-state index contributed by atoms with van der Waals surface area (Å²) in [5.74, 6) is -2.61. The lowest BCUT2D eigenvalue weighted by Gasteiger charge is -2.20. The van der Waals surface area contributed by atoms with Gasteiger partial charge in [-0.3, -0.25) is 9.59 Å². The van der Waals surface area contributed by atoms with Gasteiger partial charge >= 0.3 is 11.9 Å². The lowest BCUT2D eigenvalue weighted by atomic mass is 9.81. The maximum atomic E-state index is 11.5. The second-order valence-corrected chi connectivity index (χ2v) is 4.51. The average Bonchev–Trinajstić information content (AvgIpc) is 2.68. The molecule has 2 N–H and O–H groups in total. The van der Waals surface area contributed by atoms with Crippen molar-refractivity contribution in [2.24, 2.45) is 0 Å². The number of carbonyl (C=O) groups is 2. The zero-order chi connectivity index (χ0) is 12.9. The number of hydrogen-bond donors (Lipinski definition) is 2. The van der Waals surface area contributed by atoms with Gasteiger partial charge in [0, 0.05) is 6.42 Å². The van der Waals surface area contributed by atoms with E-state index in [-0.39, 0.29) is 6.42 Å². The van der Waals surface area contributed by atoms with Crippen LogP contribution in [0.1, 0.15) is 11.1 Å². The Kier molecular flexibility index (Phi) is 1.99. The topological polar surface area (TPSA) is 74.6 Å². The highest BCUT2D eigenvalue weighted by Crippen LogP contribution is 2.43. The molecular weight excluding hydrogens is 232 g/mol. The van der Waals surface area contributed by atoms with Crippen LogP contribution in [0, 0.1) is 0 Å². The van der Waals surface area contributed by atoms with Crippen molar-refractivity contribution in [2.45, 2.75) is 11.8 Å². The van der Waals surface area contributed by atoms with Gasteiger partial charge in [0.25, 0.3) is 0 Å². The highest BCUT2D eigenvalue weighted by molar-refractivity contribution is 6.12. The first-order valence-electron chi connectivity index (χ1n) is 5.55. The number of carboxylic acid groups (broad SMARTS) is 2. The van der Waals surface area contributed by atoms with Crippen LogP contribution >= 0.6 is 0 Å². The first kappa shape index (κ1) is 10.8. The van der Waals surface area contributed by atoms with Crippen LogP contribution in [-0.2, 0) is 21.4 Å². The fourth-order valence-corrected chi connectivity index (χ4v) is 2.78. The van der Waals surface area contributed by atoms with E-state index in [4.69, 9.17) is 0 Å². The number of hydrogen-bond acceptors (Lipinski definition) is 2. The highest BCUT2D eigenvalue weighted by atomic mass is 16.4. The van der Waals surface area contributed by atoms with Crippen LogP contribution in [0.25, 0.3) is 10.8 Å². The monoisotopic (exact) mass is 242 g/mol. The summed E-state index contributed by atoms with van der Waals surface area (Å²) in [5, 5.41) is 20.4. The number of aliphatic carboxylic acids is 2. The second kappa shape index (κ2) is 3.32. The third kappa shape index (κ3) is 1.09. The van der Waals surface area contributed by atoms with Crippen LogP contribution in [0.3, 0.4) is 0 Å². The first-order valence-corrected chi connectivity index (χ1v) is 5.55. The van der Waals surface area contributed by atoms with Crippen LogP contribution in [0.5, 0.6) is 0 Å². The summed E-state index contributed by atoms with van der Waals surface area (Å²) >= 11 is 0. The Balaban J connectivity index is 2.43. The third-order valence-corrected chi connectivity index (χ3v) is 3.64. The predicted octanol–water partition coefficient (Wildman–Crippen LogP) is 1.80. The van der Waals surface area contributed by atoms with Gasteiger partial charge in [-0.15, -0.1) is 0 Å². The summed E-state index contributed by atoms with van der Waals surface area (Å²) in [6.45, 7) is 0. The largest absolute Gasteiger partial charge is 0.480 e. The minimum absolute atomic E-state index is 0.00829. The average molecular weight is 242 g/mol. The van der Waals surface area contributed by atoms with E-state index in [2.05, 4.69) is 0 Å². The van der Waals surface area contributed by atoms with E-state index in [1.165, 1.54) is 0 Å². The molecular formula is C14H10O4. The van der Waals surface area contributed by atoms with E-state index in [1.807, 2.05) is 18.2 Å². The second-order valence-electron chi connectivity index (χ2n) is 4.51. The summed E-state index contributed by atoms with van der Waals surface area (Å²) < 4.78 is 0. The van der Waals surface area contributed by atoms with E-state index >= 15 is 0 Å². The summed E-state index contributed by atoms with van der Waals surface area (Å²) in [5.41, 5.74) is -0.674. The smallest absolute Gasteiger partial charge is 0.326 e. The van der Waals surface area contributed by atoms with E-state index in [1.54, 1.807) is 18.2 Å². The zero-order valence-electron chi connectivity index (χ0n) is 9.38. The fourth-order valence-electron chi connectivity index (χ4n) is 2.78. The highest BCUT2D eigenvalue weighted by Gasteiger charge is 2.52. The minimum Gasteiger partial charge on any atom is -0.480 e. The summed E-state index contributed by atoms with van der Waals surface area (Å²) in [7, 11) is 0. The van der Waals surface area contributed by atoms with Crippen molar-refractivity contribution in [1.29, 1.82) is 0 Å². The Labute approximate surface area is 102 Å². The van der Waals surface area contributed by atoms with Gasteiger partial charge in [0.1, 0.15) is 0 Å². The molecule has 4 heteroatoms. The van der Waals surface area contributed by atoms with Gasteiger partial charge in [-0.2, -0.15) is 0 Å². The third-order valence-electron chi connectivity index (χ3n) is 3.64. The van der Waals surface area contributed by atoms with Crippen LogP contribution < -0.4 is 0 Å². The number of carboxylic acids is 2. The summed E-state index contributed by atoms with van der Waals surface area (Å²) in [6, 6.07) is 10.6. The van der Waals surface area contributed by atoms with Crippen molar-refractivity contribution in [2.75, 3.05) is 0 Å². The molecule has 0 unspecified atom stereocenters. The summed E-state index contributed by atoms with van der Waals surface area (Å²) in [4.78, 5) is 23.0. The van der Waals surface area contributed by atoms with Gasteiger partial charge in [-0.05, 0) is 21.9 Å². The van der Waals surface area contributed by atoms with Crippen LogP contribution in [-0.4, -0.2) is 22.2 Å². The molecule has 0 heterocycles. The Morgan fingerprint density at radius 3 is 2.22 bits per heavy atom. The van der Waals surface area contributed by atoms with Crippen LogP contribution in [0.2, 0.25) is 0 Å². The fraction of sp³-hybridized carbons (Fsp3) is 0.143. The normalized spacial score (nSPS) is 15.8. The number of rotatable bonds is 2. The molecule has 3 rings (SSSR count). The van der Waals surface area contributed by atoms with Crippen molar-refractivity contribution in [3.8, 4) is 0 Å². The molecule has 0 saturated carbocycles. The molecule has 0 radical (unpaired) electrons. The van der Waals surface area contributed by atoms with Crippen molar-refractivity contribution in [1.82, 2.24) is 0 Å². The Morgan fingerprint density at radius 1 is 1.00 bits per heavy atom. The molecule has 0 aromatic heterocycles. The summed E-state index contributed by atoms with van der Waals surface area (Å²) in [6.07, 6.45) is 0.00829. The van der Waals surface area contributed by atoms with E-state index in [0.29, 0.717) is 5.56 Å². The molecule has 0 amide bonds. The van der Waals surface area contributed by atoms with Gasteiger partial charge in [-0.25, -0.2) is 0 Å². The van der Waals surface area contributed by atoms with Crippen molar-refractivity contribution < 1.29 is 19.8 Å². The predicted molar refractivity (Wildman–Crippen MR) is 64.6 cm³/mol. The Hall–Kier alpha value is -2.36. The zero-order valence-corrected chi connectivity index (χ0v) is 9.38. The molecule has 0 aliphatic heterocycles. The van der Waals surface area contributed by atoms with Gasteiger partial charge in [0.15, 0.2) is 5.41 Å². The molecule has 4 nitrogen and oxygen atoms in total. The minimum atomic E-state index is -1.84. The van der Waals surface area contributed by atoms with Gasteiger partial charge in [0.05, 0.1) is 0 Å². The first-order chi connectivity index (χ1) is 8.57. The SMILES string of the molecule is O=C(O)C1(C(=O)O)Cc2cccc3cccc1c23. The van der Waals surface area contributed by atoms with Crippen LogP contribution in [0.4, 0.5) is 0 Å². The van der Waals surface area contributed by atoms with Gasteiger partial charge < -0.3 is 10.2 Å². The maximum absolute atomic E-state index is 11.5. The lowest BCUT2D eigenvalue weighted by Crippen LogP contribution is -2.43. The molecule has 2 aromatic carbocycles. The lowest BCUT2D eigenvalue weighted by molar-refractivity contribution is -0.157. The van der Waals surface area contributed by atoms with E-state index in [9.17, 15) is 19.8 Å². The van der Waals surface area contributed by atoms with E-state index in [0.717, 1.165) is 16.3 Å². The quantitative estimate of drug-likeness (QED) is 0.787. The molecule has 0 saturated heterocycles. The molecule has 0 bridgehead atoms. The number of benzene rings is 2. The van der Waals surface area contributed by atoms with Gasteiger partial charge in [0.2, 0.25) is 0 Å².